The van der Waals surface area contributed by atoms with Crippen molar-refractivity contribution in [2.75, 3.05) is 13.1 Å². The van der Waals surface area contributed by atoms with Crippen molar-refractivity contribution in [3.63, 3.8) is 0 Å². The first kappa shape index (κ1) is 17.3. The van der Waals surface area contributed by atoms with Crippen LogP contribution < -0.4 is 0 Å². The highest BCUT2D eigenvalue weighted by atomic mass is 16.3. The Labute approximate surface area is 148 Å². The molecule has 0 aliphatic carbocycles. The SMILES string of the molecule is C=CC=C=C/C=C/CC1CCN(Cc2nc3ccc(O)cc3[nH]2)CC1. The number of H-pyrrole nitrogens is 1. The lowest BCUT2D eigenvalue weighted by molar-refractivity contribution is 0.175. The van der Waals surface area contributed by atoms with Gasteiger partial charge in [0.15, 0.2) is 0 Å². The second-order valence-electron chi connectivity index (χ2n) is 6.50. The average Bonchev–Trinajstić information content (AvgIpc) is 3.00. The van der Waals surface area contributed by atoms with Gasteiger partial charge in [-0.05, 0) is 62.6 Å². The fourth-order valence-electron chi connectivity index (χ4n) is 3.24. The van der Waals surface area contributed by atoms with Crippen LogP contribution >= 0.6 is 0 Å². The van der Waals surface area contributed by atoms with Gasteiger partial charge in [0.2, 0.25) is 0 Å². The van der Waals surface area contributed by atoms with Gasteiger partial charge in [0.25, 0.3) is 0 Å². The number of hydrogen-bond acceptors (Lipinski definition) is 3. The van der Waals surface area contributed by atoms with Gasteiger partial charge < -0.3 is 10.1 Å². The van der Waals surface area contributed by atoms with Crippen LogP contribution in [0.25, 0.3) is 11.0 Å². The van der Waals surface area contributed by atoms with Gasteiger partial charge in [-0.1, -0.05) is 24.8 Å². The van der Waals surface area contributed by atoms with Crippen LogP contribution in [0, 0.1) is 5.92 Å². The number of benzene rings is 1. The molecule has 4 nitrogen and oxygen atoms in total. The second-order valence-corrected chi connectivity index (χ2v) is 6.50. The van der Waals surface area contributed by atoms with Crippen molar-refractivity contribution in [2.24, 2.45) is 5.92 Å². The molecule has 1 aliphatic heterocycles. The van der Waals surface area contributed by atoms with Crippen molar-refractivity contribution < 1.29 is 5.11 Å². The third-order valence-corrected chi connectivity index (χ3v) is 4.61. The van der Waals surface area contributed by atoms with E-state index in [0.717, 1.165) is 48.8 Å². The number of nitrogens with zero attached hydrogens (tertiary/aromatic N) is 2. The van der Waals surface area contributed by atoms with Crippen LogP contribution in [0.5, 0.6) is 5.75 Å². The lowest BCUT2D eigenvalue weighted by Gasteiger charge is -2.30. The Morgan fingerprint density at radius 2 is 2.16 bits per heavy atom. The van der Waals surface area contributed by atoms with Gasteiger partial charge in [0.05, 0.1) is 17.6 Å². The maximum atomic E-state index is 9.55. The molecule has 0 saturated carbocycles. The molecule has 1 saturated heterocycles. The maximum Gasteiger partial charge on any atom is 0.121 e. The summed E-state index contributed by atoms with van der Waals surface area (Å²) in [5.41, 5.74) is 4.84. The number of likely N-dealkylation sites (tertiary alicyclic amines) is 1. The van der Waals surface area contributed by atoms with Crippen molar-refractivity contribution in [1.82, 2.24) is 14.9 Å². The zero-order valence-electron chi connectivity index (χ0n) is 14.5. The van der Waals surface area contributed by atoms with Crippen molar-refractivity contribution in [1.29, 1.82) is 0 Å². The molecule has 25 heavy (non-hydrogen) atoms. The van der Waals surface area contributed by atoms with Gasteiger partial charge >= 0.3 is 0 Å². The summed E-state index contributed by atoms with van der Waals surface area (Å²) in [5.74, 6) is 2.00. The number of allylic oxidation sites excluding steroid dienone is 4. The van der Waals surface area contributed by atoms with Gasteiger partial charge in [0, 0.05) is 6.07 Å². The van der Waals surface area contributed by atoms with Gasteiger partial charge in [-0.3, -0.25) is 4.90 Å². The normalized spacial score (nSPS) is 16.2. The van der Waals surface area contributed by atoms with E-state index in [-0.39, 0.29) is 5.75 Å². The van der Waals surface area contributed by atoms with Crippen LogP contribution in [-0.4, -0.2) is 33.1 Å². The predicted octanol–water partition coefficient (Wildman–Crippen LogP) is 4.32. The van der Waals surface area contributed by atoms with Gasteiger partial charge in [-0.15, -0.1) is 5.73 Å². The zero-order valence-corrected chi connectivity index (χ0v) is 14.5. The van der Waals surface area contributed by atoms with Crippen LogP contribution in [0.3, 0.4) is 0 Å². The fourth-order valence-corrected chi connectivity index (χ4v) is 3.24. The highest BCUT2D eigenvalue weighted by Crippen LogP contribution is 2.23. The summed E-state index contributed by atoms with van der Waals surface area (Å²) in [6.07, 6.45) is 13.3. The third-order valence-electron chi connectivity index (χ3n) is 4.61. The largest absolute Gasteiger partial charge is 0.508 e. The van der Waals surface area contributed by atoms with E-state index in [1.54, 1.807) is 18.2 Å². The molecule has 1 aliphatic rings. The molecule has 2 aromatic rings. The van der Waals surface area contributed by atoms with E-state index in [4.69, 9.17) is 0 Å². The number of phenols is 1. The molecule has 130 valence electrons. The Morgan fingerprint density at radius 1 is 1.32 bits per heavy atom. The molecule has 4 heteroatoms. The number of aromatic nitrogens is 2. The van der Waals surface area contributed by atoms with Crippen LogP contribution in [0.4, 0.5) is 0 Å². The molecule has 0 amide bonds. The first-order valence-corrected chi connectivity index (χ1v) is 8.83. The number of rotatable bonds is 6. The summed E-state index contributed by atoms with van der Waals surface area (Å²) >= 11 is 0. The zero-order chi connectivity index (χ0) is 17.5. The molecule has 1 aromatic heterocycles. The van der Waals surface area contributed by atoms with E-state index in [1.165, 1.54) is 12.8 Å². The average molecular weight is 335 g/mol. The molecular formula is C21H25N3O. The molecule has 3 rings (SSSR count). The Kier molecular flexibility index (Phi) is 5.89. The third kappa shape index (κ3) is 4.96. The predicted molar refractivity (Wildman–Crippen MR) is 102 cm³/mol. The molecule has 0 radical (unpaired) electrons. The van der Waals surface area contributed by atoms with Crippen molar-refractivity contribution in [2.45, 2.75) is 25.8 Å². The highest BCUT2D eigenvalue weighted by Gasteiger charge is 2.19. The van der Waals surface area contributed by atoms with Crippen LogP contribution in [0.15, 0.2) is 60.9 Å². The summed E-state index contributed by atoms with van der Waals surface area (Å²) in [5, 5.41) is 9.55. The Balaban J connectivity index is 1.47. The Morgan fingerprint density at radius 3 is 2.96 bits per heavy atom. The number of nitrogens with one attached hydrogen (secondary N) is 1. The minimum absolute atomic E-state index is 0.270. The minimum atomic E-state index is 0.270. The molecular weight excluding hydrogens is 310 g/mol. The Hall–Kier alpha value is -2.55. The first-order chi connectivity index (χ1) is 12.2. The number of piperidine rings is 1. The van der Waals surface area contributed by atoms with E-state index >= 15 is 0 Å². The molecule has 0 unspecified atom stereocenters. The Bertz CT molecular complexity index is 804. The maximum absolute atomic E-state index is 9.55. The minimum Gasteiger partial charge on any atom is -0.508 e. The number of aromatic amines is 1. The molecule has 2 N–H and O–H groups in total. The van der Waals surface area contributed by atoms with E-state index in [2.05, 4.69) is 39.3 Å². The van der Waals surface area contributed by atoms with Crippen LogP contribution in [0.2, 0.25) is 0 Å². The van der Waals surface area contributed by atoms with Crippen LogP contribution in [-0.2, 0) is 6.54 Å². The number of aromatic hydroxyl groups is 1. The summed E-state index contributed by atoms with van der Waals surface area (Å²) in [4.78, 5) is 10.4. The topological polar surface area (TPSA) is 52.1 Å². The molecule has 0 spiro atoms. The van der Waals surface area contributed by atoms with Crippen molar-refractivity contribution in [3.8, 4) is 5.75 Å². The molecule has 0 bridgehead atoms. The van der Waals surface area contributed by atoms with Crippen molar-refractivity contribution in [3.05, 3.63) is 66.7 Å². The van der Waals surface area contributed by atoms with Gasteiger partial charge in [-0.2, -0.15) is 0 Å². The van der Waals surface area contributed by atoms with Crippen LogP contribution in [0.1, 0.15) is 25.1 Å². The number of imidazole rings is 1. The standard InChI is InChI=1S/C21H25N3O/c1-2-3-4-5-6-7-8-17-11-13-24(14-12-17)16-21-22-19-10-9-18(25)15-20(19)23-21/h2-3,5-7,9-10,15,17,25H,1,8,11-14,16H2,(H,22,23)/b7-6+. The molecule has 0 atom stereocenters. The summed E-state index contributed by atoms with van der Waals surface area (Å²) in [6, 6.07) is 5.25. The number of hydrogen-bond donors (Lipinski definition) is 2. The molecule has 2 heterocycles. The lowest BCUT2D eigenvalue weighted by atomic mass is 9.93. The summed E-state index contributed by atoms with van der Waals surface area (Å²) in [7, 11) is 0. The van der Waals surface area contributed by atoms with E-state index < -0.39 is 0 Å². The first-order valence-electron chi connectivity index (χ1n) is 8.83. The van der Waals surface area contributed by atoms with Crippen molar-refractivity contribution >= 4 is 11.0 Å². The molecule has 1 aromatic carbocycles. The van der Waals surface area contributed by atoms with Gasteiger partial charge in [0.1, 0.15) is 11.6 Å². The van der Waals surface area contributed by atoms with E-state index in [9.17, 15) is 5.11 Å². The lowest BCUT2D eigenvalue weighted by Crippen LogP contribution is -2.33. The number of fused-ring (bicyclic) bond motifs is 1. The van der Waals surface area contributed by atoms with Gasteiger partial charge in [-0.25, -0.2) is 4.98 Å². The quantitative estimate of drug-likeness (QED) is 0.610. The van der Waals surface area contributed by atoms with E-state index in [1.807, 2.05) is 18.2 Å². The second kappa shape index (κ2) is 8.52. The highest BCUT2D eigenvalue weighted by molar-refractivity contribution is 5.76. The summed E-state index contributed by atoms with van der Waals surface area (Å²) in [6.45, 7) is 6.67. The fraction of sp³-hybridized carbons (Fsp3) is 0.333. The molecule has 1 fully saturated rings. The number of phenolic OH excluding ortho intramolecular Hbond substituents is 1. The summed E-state index contributed by atoms with van der Waals surface area (Å²) < 4.78 is 0. The monoisotopic (exact) mass is 335 g/mol. The van der Waals surface area contributed by atoms with E-state index in [0.29, 0.717) is 0 Å². The smallest absolute Gasteiger partial charge is 0.121 e.